The number of carbonyl (C=O) groups excluding carboxylic acids is 3. The highest BCUT2D eigenvalue weighted by Crippen LogP contribution is 2.28. The van der Waals surface area contributed by atoms with Crippen LogP contribution in [0.4, 0.5) is 0 Å². The number of nitrogens with zero attached hydrogens (tertiary/aromatic N) is 3. The molecule has 3 aromatic rings. The van der Waals surface area contributed by atoms with Crippen LogP contribution in [0.25, 0.3) is 11.0 Å². The number of ketones is 1. The Hall–Kier alpha value is -3.35. The summed E-state index contributed by atoms with van der Waals surface area (Å²) in [7, 11) is 0. The minimum absolute atomic E-state index is 0.162. The maximum Gasteiger partial charge on any atom is 0.332 e. The molecule has 23 heavy (non-hydrogen) atoms. The van der Waals surface area contributed by atoms with Crippen LogP contribution in [0, 0.1) is 5.92 Å². The number of hydrogen-bond acceptors (Lipinski definition) is 6. The second-order valence-corrected chi connectivity index (χ2v) is 5.04. The lowest BCUT2D eigenvalue weighted by Gasteiger charge is -2.20. The molecule has 0 saturated carbocycles. The van der Waals surface area contributed by atoms with Gasteiger partial charge in [0.1, 0.15) is 11.3 Å². The molecule has 0 fully saturated rings. The molecule has 2 heterocycles. The average molecular weight is 307 g/mol. The molecule has 1 unspecified atom stereocenters. The van der Waals surface area contributed by atoms with Crippen molar-refractivity contribution in [3.63, 3.8) is 0 Å². The molecule has 0 saturated heterocycles. The Labute approximate surface area is 129 Å². The number of carbonyl (C=O) groups is 3. The van der Waals surface area contributed by atoms with E-state index in [1.807, 2.05) is 0 Å². The summed E-state index contributed by atoms with van der Waals surface area (Å²) in [5.41, 5.74) is 1.13. The van der Waals surface area contributed by atoms with Crippen molar-refractivity contribution < 1.29 is 19.1 Å². The number of fused-ring (bicyclic) bond motifs is 2. The molecule has 4 rings (SSSR count). The monoisotopic (exact) mass is 307 g/mol. The van der Waals surface area contributed by atoms with Gasteiger partial charge in [0.15, 0.2) is 5.78 Å². The Bertz CT molecular complexity index is 976. The van der Waals surface area contributed by atoms with Crippen molar-refractivity contribution in [3.8, 4) is 5.75 Å². The zero-order valence-electron chi connectivity index (χ0n) is 11.7. The number of benzene rings is 2. The Morgan fingerprint density at radius 3 is 2.65 bits per heavy atom. The zero-order valence-corrected chi connectivity index (χ0v) is 11.7. The highest BCUT2D eigenvalue weighted by molar-refractivity contribution is 6.25. The molecule has 0 spiro atoms. The van der Waals surface area contributed by atoms with Crippen LogP contribution in [0.5, 0.6) is 5.75 Å². The number of ether oxygens (including phenoxy) is 1. The van der Waals surface area contributed by atoms with Gasteiger partial charge >= 0.3 is 5.97 Å². The summed E-state index contributed by atoms with van der Waals surface area (Å²) in [4.78, 5) is 37.3. The summed E-state index contributed by atoms with van der Waals surface area (Å²) >= 11 is 0. The number of para-hydroxylation sites is 2. The highest BCUT2D eigenvalue weighted by atomic mass is 16.5. The Balaban J connectivity index is 1.80. The Morgan fingerprint density at radius 1 is 1.04 bits per heavy atom. The Morgan fingerprint density at radius 2 is 1.78 bits per heavy atom. The third-order valence-electron chi connectivity index (χ3n) is 3.67. The number of hydrogen-bond donors (Lipinski definition) is 0. The molecule has 0 aliphatic carbocycles. The largest absolute Gasteiger partial charge is 0.425 e. The van der Waals surface area contributed by atoms with E-state index >= 15 is 0 Å². The van der Waals surface area contributed by atoms with Crippen molar-refractivity contribution >= 4 is 28.7 Å². The lowest BCUT2D eigenvalue weighted by molar-refractivity contribution is -0.136. The lowest BCUT2D eigenvalue weighted by Crippen LogP contribution is -2.41. The fourth-order valence-corrected chi connectivity index (χ4v) is 2.56. The molecule has 0 bridgehead atoms. The van der Waals surface area contributed by atoms with Crippen molar-refractivity contribution in [1.29, 1.82) is 0 Å². The molecule has 7 nitrogen and oxygen atoms in total. The molecular weight excluding hydrogens is 298 g/mol. The average Bonchev–Trinajstić information content (AvgIpc) is 2.99. The lowest BCUT2D eigenvalue weighted by atomic mass is 9.93. The summed E-state index contributed by atoms with van der Waals surface area (Å²) in [6.45, 7) is 0. The third kappa shape index (κ3) is 1.94. The minimum atomic E-state index is -1.57. The topological polar surface area (TPSA) is 91.2 Å². The van der Waals surface area contributed by atoms with Crippen LogP contribution >= 0.6 is 0 Å². The minimum Gasteiger partial charge on any atom is -0.425 e. The van der Waals surface area contributed by atoms with E-state index < -0.39 is 23.6 Å². The van der Waals surface area contributed by atoms with Crippen molar-refractivity contribution in [2.24, 2.45) is 5.92 Å². The maximum atomic E-state index is 12.6. The van der Waals surface area contributed by atoms with Crippen LogP contribution in [0.15, 0.2) is 48.5 Å². The first kappa shape index (κ1) is 13.3. The molecule has 1 atom stereocenters. The second-order valence-electron chi connectivity index (χ2n) is 5.04. The molecule has 0 radical (unpaired) electrons. The van der Waals surface area contributed by atoms with Gasteiger partial charge < -0.3 is 4.74 Å². The van der Waals surface area contributed by atoms with Gasteiger partial charge in [-0.2, -0.15) is 4.68 Å². The summed E-state index contributed by atoms with van der Waals surface area (Å²) in [6.07, 6.45) is 0. The molecule has 112 valence electrons. The number of rotatable bonds is 1. The molecule has 0 amide bonds. The van der Waals surface area contributed by atoms with E-state index in [0.717, 1.165) is 4.68 Å². The molecule has 1 aromatic heterocycles. The third-order valence-corrected chi connectivity index (χ3v) is 3.67. The fraction of sp³-hybridized carbons (Fsp3) is 0.0625. The second kappa shape index (κ2) is 4.84. The first-order valence-electron chi connectivity index (χ1n) is 6.86. The summed E-state index contributed by atoms with van der Waals surface area (Å²) < 4.78 is 6.07. The van der Waals surface area contributed by atoms with E-state index in [1.165, 1.54) is 12.1 Å². The number of Topliss-reactive ketones (excluding diaryl/α,β-unsaturated/α-hetero) is 1. The van der Waals surface area contributed by atoms with Crippen LogP contribution < -0.4 is 4.74 Å². The molecule has 1 aliphatic heterocycles. The standard InChI is InChI=1S/C16H9N3O4/c20-14-9-5-1-4-8-12(9)23-16(22)13(14)15(21)19-11-7-3-2-6-10(11)17-18-19/h1-8,13H. The van der Waals surface area contributed by atoms with E-state index in [4.69, 9.17) is 4.74 Å². The van der Waals surface area contributed by atoms with E-state index in [-0.39, 0.29) is 11.3 Å². The quantitative estimate of drug-likeness (QED) is 0.384. The van der Waals surface area contributed by atoms with Gasteiger partial charge in [-0.1, -0.05) is 29.5 Å². The predicted octanol–water partition coefficient (Wildman–Crippen LogP) is 1.49. The normalized spacial score (nSPS) is 17.0. The summed E-state index contributed by atoms with van der Waals surface area (Å²) in [5, 5.41) is 7.61. The van der Waals surface area contributed by atoms with Gasteiger partial charge in [-0.3, -0.25) is 14.4 Å². The van der Waals surface area contributed by atoms with Gasteiger partial charge in [-0.15, -0.1) is 5.10 Å². The summed E-state index contributed by atoms with van der Waals surface area (Å²) in [6, 6.07) is 13.1. The molecule has 7 heteroatoms. The van der Waals surface area contributed by atoms with Gasteiger partial charge in [-0.05, 0) is 24.3 Å². The maximum absolute atomic E-state index is 12.6. The van der Waals surface area contributed by atoms with Gasteiger partial charge in [0, 0.05) is 0 Å². The Kier molecular flexibility index (Phi) is 2.80. The van der Waals surface area contributed by atoms with Crippen molar-refractivity contribution in [2.45, 2.75) is 0 Å². The van der Waals surface area contributed by atoms with Crippen LogP contribution in [0.3, 0.4) is 0 Å². The van der Waals surface area contributed by atoms with Crippen molar-refractivity contribution in [1.82, 2.24) is 15.0 Å². The first-order chi connectivity index (χ1) is 11.2. The highest BCUT2D eigenvalue weighted by Gasteiger charge is 2.43. The van der Waals surface area contributed by atoms with Crippen LogP contribution in [-0.4, -0.2) is 32.7 Å². The van der Waals surface area contributed by atoms with Crippen LogP contribution in [-0.2, 0) is 4.79 Å². The molecule has 1 aliphatic rings. The van der Waals surface area contributed by atoms with Crippen molar-refractivity contribution in [3.05, 3.63) is 54.1 Å². The fourth-order valence-electron chi connectivity index (χ4n) is 2.56. The molecule has 0 N–H and O–H groups in total. The van der Waals surface area contributed by atoms with E-state index in [1.54, 1.807) is 36.4 Å². The summed E-state index contributed by atoms with van der Waals surface area (Å²) in [5.74, 6) is -3.69. The van der Waals surface area contributed by atoms with Gasteiger partial charge in [0.05, 0.1) is 11.1 Å². The van der Waals surface area contributed by atoms with E-state index in [9.17, 15) is 14.4 Å². The van der Waals surface area contributed by atoms with Crippen molar-refractivity contribution in [2.75, 3.05) is 0 Å². The number of aromatic nitrogens is 3. The van der Waals surface area contributed by atoms with E-state index in [0.29, 0.717) is 11.0 Å². The van der Waals surface area contributed by atoms with Gasteiger partial charge in [0.25, 0.3) is 5.91 Å². The smallest absolute Gasteiger partial charge is 0.332 e. The SMILES string of the molecule is O=C1Oc2ccccc2C(=O)C1C(=O)n1nnc2ccccc21. The predicted molar refractivity (Wildman–Crippen MR) is 78.1 cm³/mol. The van der Waals surface area contributed by atoms with Crippen LogP contribution in [0.1, 0.15) is 15.2 Å². The number of esters is 1. The van der Waals surface area contributed by atoms with Gasteiger partial charge in [-0.25, -0.2) is 0 Å². The van der Waals surface area contributed by atoms with E-state index in [2.05, 4.69) is 10.3 Å². The van der Waals surface area contributed by atoms with Gasteiger partial charge in [0.2, 0.25) is 5.92 Å². The zero-order chi connectivity index (χ0) is 16.0. The van der Waals surface area contributed by atoms with Crippen LogP contribution in [0.2, 0.25) is 0 Å². The first-order valence-corrected chi connectivity index (χ1v) is 6.86. The molecular formula is C16H9N3O4. The molecule has 2 aromatic carbocycles.